The summed E-state index contributed by atoms with van der Waals surface area (Å²) in [4.78, 5) is 0. The highest BCUT2D eigenvalue weighted by molar-refractivity contribution is 8.00. The van der Waals surface area contributed by atoms with Crippen LogP contribution in [0, 0.1) is 5.82 Å². The van der Waals surface area contributed by atoms with Crippen molar-refractivity contribution < 1.29 is 4.39 Å². The average molecular weight is 239 g/mol. The monoisotopic (exact) mass is 239 g/mol. The predicted octanol–water partition coefficient (Wildman–Crippen LogP) is 3.37. The lowest BCUT2D eigenvalue weighted by Gasteiger charge is -2.33. The van der Waals surface area contributed by atoms with E-state index in [-0.39, 0.29) is 16.6 Å². The largest absolute Gasteiger partial charge is 0.312 e. The summed E-state index contributed by atoms with van der Waals surface area (Å²) in [5.74, 6) is 1.06. The van der Waals surface area contributed by atoms with Crippen LogP contribution in [0.5, 0.6) is 0 Å². The number of thioether (sulfide) groups is 1. The molecule has 1 aliphatic rings. The zero-order valence-corrected chi connectivity index (χ0v) is 10.6. The molecular formula is C13H18FNS. The summed E-state index contributed by atoms with van der Waals surface area (Å²) in [7, 11) is 1.96. The molecule has 0 spiro atoms. The quantitative estimate of drug-likeness (QED) is 0.868. The Bertz CT molecular complexity index is 361. The molecule has 1 N–H and O–H groups in total. The molecule has 2 unspecified atom stereocenters. The molecule has 1 saturated heterocycles. The number of nitrogens with one attached hydrogen (secondary N) is 1. The molecule has 1 heterocycles. The molecule has 1 nitrogen and oxygen atoms in total. The minimum absolute atomic E-state index is 0.149. The molecule has 3 heteroatoms. The van der Waals surface area contributed by atoms with Crippen LogP contribution >= 0.6 is 11.8 Å². The van der Waals surface area contributed by atoms with Crippen molar-refractivity contribution in [2.24, 2.45) is 0 Å². The van der Waals surface area contributed by atoms with Gasteiger partial charge >= 0.3 is 0 Å². The Hall–Kier alpha value is -0.540. The summed E-state index contributed by atoms with van der Waals surface area (Å²) in [5, 5.41) is 3.34. The molecule has 2 atom stereocenters. The van der Waals surface area contributed by atoms with Crippen molar-refractivity contribution in [2.75, 3.05) is 12.8 Å². The molecule has 0 radical (unpaired) electrons. The Kier molecular flexibility index (Phi) is 3.55. The Labute approximate surface area is 101 Å². The van der Waals surface area contributed by atoms with Crippen LogP contribution < -0.4 is 5.32 Å². The third kappa shape index (κ3) is 2.25. The number of halogens is 1. The minimum atomic E-state index is -0.149. The van der Waals surface area contributed by atoms with E-state index < -0.39 is 0 Å². The molecule has 0 aliphatic carbocycles. The summed E-state index contributed by atoms with van der Waals surface area (Å²) in [6.45, 7) is 2.27. The maximum atomic E-state index is 13.2. The van der Waals surface area contributed by atoms with Crippen molar-refractivity contribution in [2.45, 2.75) is 30.6 Å². The molecule has 0 saturated carbocycles. The summed E-state index contributed by atoms with van der Waals surface area (Å²) < 4.78 is 13.4. The third-order valence-electron chi connectivity index (χ3n) is 3.33. The highest BCUT2D eigenvalue weighted by atomic mass is 32.2. The van der Waals surface area contributed by atoms with E-state index in [0.29, 0.717) is 0 Å². The van der Waals surface area contributed by atoms with Gasteiger partial charge in [-0.2, -0.15) is 11.8 Å². The van der Waals surface area contributed by atoms with Gasteiger partial charge < -0.3 is 5.32 Å². The van der Waals surface area contributed by atoms with E-state index in [1.165, 1.54) is 24.7 Å². The van der Waals surface area contributed by atoms with Crippen molar-refractivity contribution in [3.8, 4) is 0 Å². The van der Waals surface area contributed by atoms with Crippen LogP contribution in [0.15, 0.2) is 24.3 Å². The summed E-state index contributed by atoms with van der Waals surface area (Å²) >= 11 is 1.99. The van der Waals surface area contributed by atoms with Gasteiger partial charge in [0.15, 0.2) is 0 Å². The van der Waals surface area contributed by atoms with Crippen molar-refractivity contribution in [1.82, 2.24) is 5.32 Å². The van der Waals surface area contributed by atoms with Gasteiger partial charge in [-0.1, -0.05) is 12.1 Å². The first-order chi connectivity index (χ1) is 7.65. The zero-order valence-electron chi connectivity index (χ0n) is 9.79. The average Bonchev–Trinajstić information content (AvgIpc) is 2.67. The van der Waals surface area contributed by atoms with Crippen LogP contribution in [-0.2, 0) is 0 Å². The van der Waals surface area contributed by atoms with Gasteiger partial charge in [0, 0.05) is 10.8 Å². The minimum Gasteiger partial charge on any atom is -0.312 e. The van der Waals surface area contributed by atoms with E-state index in [1.54, 1.807) is 12.1 Å². The molecule has 0 aromatic heterocycles. The SMILES string of the molecule is CNC(c1cccc(F)c1)C1(C)CCCS1. The van der Waals surface area contributed by atoms with Gasteiger partial charge in [0.1, 0.15) is 5.82 Å². The molecule has 1 aliphatic heterocycles. The second-order valence-electron chi connectivity index (χ2n) is 4.54. The second-order valence-corrected chi connectivity index (χ2v) is 6.17. The fourth-order valence-electron chi connectivity index (χ4n) is 2.54. The van der Waals surface area contributed by atoms with Crippen LogP contribution in [0.1, 0.15) is 31.4 Å². The highest BCUT2D eigenvalue weighted by Gasteiger charge is 2.37. The topological polar surface area (TPSA) is 12.0 Å². The molecule has 0 amide bonds. The highest BCUT2D eigenvalue weighted by Crippen LogP contribution is 2.46. The van der Waals surface area contributed by atoms with Gasteiger partial charge in [0.05, 0.1) is 0 Å². The van der Waals surface area contributed by atoms with Crippen LogP contribution in [0.25, 0.3) is 0 Å². The van der Waals surface area contributed by atoms with Crippen molar-refractivity contribution in [3.05, 3.63) is 35.6 Å². The number of hydrogen-bond donors (Lipinski definition) is 1. The molecule has 16 heavy (non-hydrogen) atoms. The van der Waals surface area contributed by atoms with Gasteiger partial charge in [-0.15, -0.1) is 0 Å². The molecule has 2 rings (SSSR count). The molecule has 88 valence electrons. The van der Waals surface area contributed by atoms with Crippen LogP contribution in [0.3, 0.4) is 0 Å². The van der Waals surface area contributed by atoms with E-state index in [2.05, 4.69) is 12.2 Å². The van der Waals surface area contributed by atoms with Crippen molar-refractivity contribution in [1.29, 1.82) is 0 Å². The lowest BCUT2D eigenvalue weighted by molar-refractivity contribution is 0.439. The molecule has 1 fully saturated rings. The number of rotatable bonds is 3. The fourth-order valence-corrected chi connectivity index (χ4v) is 4.00. The Morgan fingerprint density at radius 2 is 2.31 bits per heavy atom. The van der Waals surface area contributed by atoms with Crippen LogP contribution in [0.4, 0.5) is 4.39 Å². The Balaban J connectivity index is 2.28. The van der Waals surface area contributed by atoms with E-state index in [4.69, 9.17) is 0 Å². The lowest BCUT2D eigenvalue weighted by Crippen LogP contribution is -2.35. The number of hydrogen-bond acceptors (Lipinski definition) is 2. The first-order valence-electron chi connectivity index (χ1n) is 5.72. The molecule has 1 aromatic carbocycles. The van der Waals surface area contributed by atoms with Gasteiger partial charge in [-0.05, 0) is 50.3 Å². The van der Waals surface area contributed by atoms with E-state index in [0.717, 1.165) is 5.56 Å². The van der Waals surface area contributed by atoms with Crippen molar-refractivity contribution in [3.63, 3.8) is 0 Å². The van der Waals surface area contributed by atoms with E-state index in [1.807, 2.05) is 24.9 Å². The standard InChI is InChI=1S/C13H18FNS/c1-13(7-4-8-16-13)12(15-2)10-5-3-6-11(14)9-10/h3,5-6,9,12,15H,4,7-8H2,1-2H3. The number of benzene rings is 1. The Morgan fingerprint density at radius 1 is 1.50 bits per heavy atom. The molecule has 1 aromatic rings. The van der Waals surface area contributed by atoms with E-state index >= 15 is 0 Å². The van der Waals surface area contributed by atoms with Crippen LogP contribution in [-0.4, -0.2) is 17.5 Å². The van der Waals surface area contributed by atoms with Gasteiger partial charge in [0.25, 0.3) is 0 Å². The maximum Gasteiger partial charge on any atom is 0.123 e. The van der Waals surface area contributed by atoms with Crippen LogP contribution in [0.2, 0.25) is 0 Å². The predicted molar refractivity (Wildman–Crippen MR) is 68.3 cm³/mol. The molecular weight excluding hydrogens is 221 g/mol. The lowest BCUT2D eigenvalue weighted by atomic mass is 9.90. The van der Waals surface area contributed by atoms with Gasteiger partial charge in [-0.3, -0.25) is 0 Å². The molecule has 0 bridgehead atoms. The summed E-state index contributed by atoms with van der Waals surface area (Å²) in [6, 6.07) is 7.17. The third-order valence-corrected chi connectivity index (χ3v) is 4.92. The Morgan fingerprint density at radius 3 is 2.88 bits per heavy atom. The van der Waals surface area contributed by atoms with Gasteiger partial charge in [0.2, 0.25) is 0 Å². The van der Waals surface area contributed by atoms with E-state index in [9.17, 15) is 4.39 Å². The van der Waals surface area contributed by atoms with Crippen molar-refractivity contribution >= 4 is 11.8 Å². The zero-order chi connectivity index (χ0) is 11.6. The fraction of sp³-hybridized carbons (Fsp3) is 0.538. The summed E-state index contributed by atoms with van der Waals surface area (Å²) in [6.07, 6.45) is 2.45. The smallest absolute Gasteiger partial charge is 0.123 e. The summed E-state index contributed by atoms with van der Waals surface area (Å²) in [5.41, 5.74) is 1.06. The maximum absolute atomic E-state index is 13.2. The first-order valence-corrected chi connectivity index (χ1v) is 6.71. The first kappa shape index (κ1) is 11.9. The normalized spacial score (nSPS) is 26.9. The second kappa shape index (κ2) is 4.76. The van der Waals surface area contributed by atoms with Gasteiger partial charge in [-0.25, -0.2) is 4.39 Å².